The van der Waals surface area contributed by atoms with Gasteiger partial charge in [0.25, 0.3) is 0 Å². The summed E-state index contributed by atoms with van der Waals surface area (Å²) in [5, 5.41) is 0.570. The second-order valence-electron chi connectivity index (χ2n) is 5.83. The highest BCUT2D eigenvalue weighted by Crippen LogP contribution is 2.33. The van der Waals surface area contributed by atoms with Gasteiger partial charge in [-0.2, -0.15) is 0 Å². The monoisotopic (exact) mass is 212 g/mol. The van der Waals surface area contributed by atoms with E-state index in [0.717, 1.165) is 0 Å². The van der Waals surface area contributed by atoms with Crippen LogP contribution in [0.3, 0.4) is 0 Å². The fourth-order valence-corrected chi connectivity index (χ4v) is 3.08. The molecule has 0 aromatic heterocycles. The maximum Gasteiger partial charge on any atom is 0.0636 e. The molecule has 1 unspecified atom stereocenters. The molecule has 0 aliphatic rings. The number of hydrogen-bond acceptors (Lipinski definition) is 0. The zero-order valence-electron chi connectivity index (χ0n) is 11.1. The largest absolute Gasteiger partial charge is 0.101 e. The molecule has 0 bridgehead atoms. The van der Waals surface area contributed by atoms with Crippen molar-refractivity contribution in [2.75, 3.05) is 0 Å². The molecule has 0 heterocycles. The van der Waals surface area contributed by atoms with Crippen molar-refractivity contribution in [3.63, 3.8) is 0 Å². The molecule has 0 fully saturated rings. The molecule has 1 atom stereocenters. The SMILES string of the molecule is CCC(C)(C)C=C[SiH](C)C(C)(C)CC. The fraction of sp³-hybridized carbons (Fsp3) is 0.846. The molecule has 84 valence electrons. The van der Waals surface area contributed by atoms with Gasteiger partial charge in [0.15, 0.2) is 0 Å². The molecule has 0 saturated carbocycles. The maximum absolute atomic E-state index is 2.53. The number of allylic oxidation sites excluding steroid dienone is 1. The van der Waals surface area contributed by atoms with Crippen LogP contribution in [0.4, 0.5) is 0 Å². The minimum Gasteiger partial charge on any atom is -0.101 e. The summed E-state index contributed by atoms with van der Waals surface area (Å²) in [7, 11) is -0.706. The molecule has 0 aromatic carbocycles. The smallest absolute Gasteiger partial charge is 0.0636 e. The Balaban J connectivity index is 4.39. The Labute approximate surface area is 92.4 Å². The van der Waals surface area contributed by atoms with Crippen molar-refractivity contribution in [1.82, 2.24) is 0 Å². The van der Waals surface area contributed by atoms with Crippen LogP contribution in [-0.4, -0.2) is 8.80 Å². The summed E-state index contributed by atoms with van der Waals surface area (Å²) in [4.78, 5) is 0. The van der Waals surface area contributed by atoms with Gasteiger partial charge in [0.2, 0.25) is 0 Å². The summed E-state index contributed by atoms with van der Waals surface area (Å²) in [5.41, 5.74) is 2.93. The summed E-state index contributed by atoms with van der Waals surface area (Å²) >= 11 is 0. The molecule has 0 spiro atoms. The molecule has 0 nitrogen and oxygen atoms in total. The van der Waals surface area contributed by atoms with Gasteiger partial charge in [-0.1, -0.05) is 60.6 Å². The first-order valence-electron chi connectivity index (χ1n) is 5.94. The predicted octanol–water partition coefficient (Wildman–Crippen LogP) is 4.57. The van der Waals surface area contributed by atoms with Crippen molar-refractivity contribution in [1.29, 1.82) is 0 Å². The lowest BCUT2D eigenvalue weighted by Gasteiger charge is -2.28. The van der Waals surface area contributed by atoms with Crippen LogP contribution in [0.5, 0.6) is 0 Å². The first-order chi connectivity index (χ1) is 6.25. The van der Waals surface area contributed by atoms with Crippen molar-refractivity contribution >= 4 is 8.80 Å². The van der Waals surface area contributed by atoms with E-state index in [1.165, 1.54) is 12.8 Å². The third-order valence-electron chi connectivity index (χ3n) is 3.89. The summed E-state index contributed by atoms with van der Waals surface area (Å²) < 4.78 is 0. The average Bonchev–Trinajstić information content (AvgIpc) is 2.14. The van der Waals surface area contributed by atoms with Crippen molar-refractivity contribution in [3.8, 4) is 0 Å². The Bertz CT molecular complexity index is 189. The third kappa shape index (κ3) is 4.45. The molecular formula is C13H28Si. The van der Waals surface area contributed by atoms with Crippen molar-refractivity contribution < 1.29 is 0 Å². The second-order valence-corrected chi connectivity index (χ2v) is 9.36. The Kier molecular flexibility index (Phi) is 5.14. The van der Waals surface area contributed by atoms with Crippen molar-refractivity contribution in [3.05, 3.63) is 11.8 Å². The second kappa shape index (κ2) is 5.15. The highest BCUT2D eigenvalue weighted by Gasteiger charge is 2.23. The number of hydrogen-bond donors (Lipinski definition) is 0. The van der Waals surface area contributed by atoms with Gasteiger partial charge < -0.3 is 0 Å². The van der Waals surface area contributed by atoms with E-state index in [4.69, 9.17) is 0 Å². The fourth-order valence-electron chi connectivity index (χ4n) is 1.11. The molecule has 0 amide bonds. The zero-order chi connectivity index (χ0) is 11.4. The van der Waals surface area contributed by atoms with Gasteiger partial charge in [-0.25, -0.2) is 0 Å². The molecule has 0 N–H and O–H groups in total. The molecule has 0 aromatic rings. The van der Waals surface area contributed by atoms with Gasteiger partial charge in [0.05, 0.1) is 8.80 Å². The van der Waals surface area contributed by atoms with Crippen LogP contribution < -0.4 is 0 Å². The molecule has 14 heavy (non-hydrogen) atoms. The third-order valence-corrected chi connectivity index (χ3v) is 7.53. The van der Waals surface area contributed by atoms with E-state index in [9.17, 15) is 0 Å². The van der Waals surface area contributed by atoms with Gasteiger partial charge in [-0.05, 0) is 16.9 Å². The predicted molar refractivity (Wildman–Crippen MR) is 70.6 cm³/mol. The average molecular weight is 212 g/mol. The first-order valence-corrected chi connectivity index (χ1v) is 8.34. The van der Waals surface area contributed by atoms with Gasteiger partial charge in [0, 0.05) is 0 Å². The van der Waals surface area contributed by atoms with Crippen LogP contribution in [0.25, 0.3) is 0 Å². The quantitative estimate of drug-likeness (QED) is 0.586. The minimum absolute atomic E-state index is 0.394. The normalized spacial score (nSPS) is 16.2. The lowest BCUT2D eigenvalue weighted by molar-refractivity contribution is 0.462. The van der Waals surface area contributed by atoms with Gasteiger partial charge in [-0.15, -0.1) is 5.70 Å². The Hall–Kier alpha value is -0.0431. The van der Waals surface area contributed by atoms with E-state index in [2.05, 4.69) is 59.9 Å². The van der Waals surface area contributed by atoms with E-state index in [-0.39, 0.29) is 0 Å². The molecule has 1 heteroatoms. The maximum atomic E-state index is 2.53. The van der Waals surface area contributed by atoms with Crippen LogP contribution in [0.1, 0.15) is 54.4 Å². The minimum atomic E-state index is -0.706. The molecule has 0 saturated heterocycles. The van der Waals surface area contributed by atoms with E-state index in [0.29, 0.717) is 10.5 Å². The van der Waals surface area contributed by atoms with Crippen LogP contribution in [0, 0.1) is 5.41 Å². The van der Waals surface area contributed by atoms with Crippen LogP contribution in [0.15, 0.2) is 11.8 Å². The van der Waals surface area contributed by atoms with Gasteiger partial charge >= 0.3 is 0 Å². The molecule has 0 radical (unpaired) electrons. The summed E-state index contributed by atoms with van der Waals surface area (Å²) in [5.74, 6) is 0. The molecule has 0 rings (SSSR count). The number of rotatable bonds is 5. The molecule has 0 aliphatic heterocycles. The summed E-state index contributed by atoms with van der Waals surface area (Å²) in [6.07, 6.45) is 4.98. The molecular weight excluding hydrogens is 184 g/mol. The Morgan fingerprint density at radius 1 is 1.00 bits per heavy atom. The summed E-state index contributed by atoms with van der Waals surface area (Å²) in [6, 6.07) is 0. The van der Waals surface area contributed by atoms with E-state index >= 15 is 0 Å². The Morgan fingerprint density at radius 3 is 1.86 bits per heavy atom. The van der Waals surface area contributed by atoms with Gasteiger partial charge in [-0.3, -0.25) is 0 Å². The lowest BCUT2D eigenvalue weighted by Crippen LogP contribution is -2.22. The standard InChI is InChI=1S/C13H28Si/c1-8-12(3,4)10-11-14(7)13(5,6)9-2/h10-11,14H,8-9H2,1-7H3. The first kappa shape index (κ1) is 14.0. The van der Waals surface area contributed by atoms with Crippen LogP contribution in [0.2, 0.25) is 11.6 Å². The van der Waals surface area contributed by atoms with Crippen LogP contribution in [-0.2, 0) is 0 Å². The van der Waals surface area contributed by atoms with Crippen molar-refractivity contribution in [2.45, 2.75) is 66.0 Å². The molecule has 0 aliphatic carbocycles. The van der Waals surface area contributed by atoms with E-state index in [1.54, 1.807) is 0 Å². The van der Waals surface area contributed by atoms with E-state index in [1.807, 2.05) is 0 Å². The highest BCUT2D eigenvalue weighted by atomic mass is 28.3. The Morgan fingerprint density at radius 2 is 1.50 bits per heavy atom. The van der Waals surface area contributed by atoms with Gasteiger partial charge in [0.1, 0.15) is 0 Å². The van der Waals surface area contributed by atoms with Crippen molar-refractivity contribution in [2.24, 2.45) is 5.41 Å². The van der Waals surface area contributed by atoms with Crippen LogP contribution >= 0.6 is 0 Å². The highest BCUT2D eigenvalue weighted by molar-refractivity contribution is 6.66. The van der Waals surface area contributed by atoms with E-state index < -0.39 is 8.80 Å². The zero-order valence-corrected chi connectivity index (χ0v) is 12.3. The topological polar surface area (TPSA) is 0 Å². The lowest BCUT2D eigenvalue weighted by atomic mass is 9.91. The summed E-state index contributed by atoms with van der Waals surface area (Å²) in [6.45, 7) is 16.5.